The van der Waals surface area contributed by atoms with Gasteiger partial charge in [0.25, 0.3) is 0 Å². The van der Waals surface area contributed by atoms with E-state index in [4.69, 9.17) is 26.1 Å². The van der Waals surface area contributed by atoms with Crippen LogP contribution in [-0.4, -0.2) is 36.9 Å². The molecular weight excluding hydrogens is 498 g/mol. The summed E-state index contributed by atoms with van der Waals surface area (Å²) in [7, 11) is 2.65. The van der Waals surface area contributed by atoms with Crippen molar-refractivity contribution in [2.45, 2.75) is 26.7 Å². The normalized spacial score (nSPS) is 17.4. The van der Waals surface area contributed by atoms with E-state index in [-0.39, 0.29) is 0 Å². The van der Waals surface area contributed by atoms with Gasteiger partial charge in [-0.1, -0.05) is 35.9 Å². The molecule has 2 heterocycles. The molecule has 0 amide bonds. The maximum absolute atomic E-state index is 12.8. The Kier molecular flexibility index (Phi) is 7.56. The van der Waals surface area contributed by atoms with Crippen LogP contribution in [-0.2, 0) is 19.1 Å². The lowest BCUT2D eigenvalue weighted by Gasteiger charge is -2.31. The van der Waals surface area contributed by atoms with Crippen LogP contribution in [0.1, 0.15) is 30.2 Å². The van der Waals surface area contributed by atoms with Crippen LogP contribution in [0.15, 0.2) is 64.8 Å². The van der Waals surface area contributed by atoms with E-state index in [9.17, 15) is 9.59 Å². The molecular formula is C27H26ClN3O4S. The van der Waals surface area contributed by atoms with Crippen LogP contribution in [0.25, 0.3) is 11.3 Å². The Morgan fingerprint density at radius 2 is 1.75 bits per heavy atom. The van der Waals surface area contributed by atoms with Crippen molar-refractivity contribution in [3.05, 3.63) is 75.3 Å². The van der Waals surface area contributed by atoms with Gasteiger partial charge in [0, 0.05) is 38.5 Å². The first-order valence-corrected chi connectivity index (χ1v) is 12.4. The van der Waals surface area contributed by atoms with Crippen LogP contribution >= 0.6 is 22.9 Å². The number of hydrogen-bond acceptors (Lipinski definition) is 8. The molecule has 0 saturated heterocycles. The van der Waals surface area contributed by atoms with Crippen LogP contribution in [0.4, 0.5) is 10.8 Å². The molecule has 2 atom stereocenters. The lowest BCUT2D eigenvalue weighted by Crippen LogP contribution is -2.36. The molecule has 1 N–H and O–H groups in total. The lowest BCUT2D eigenvalue weighted by molar-refractivity contribution is -0.143. The Bertz CT molecular complexity index is 1380. The molecule has 0 saturated carbocycles. The first-order valence-electron chi connectivity index (χ1n) is 11.3. The van der Waals surface area contributed by atoms with Gasteiger partial charge < -0.3 is 14.8 Å². The number of allylic oxidation sites excluding steroid dienone is 1. The summed E-state index contributed by atoms with van der Waals surface area (Å²) in [6.07, 6.45) is 0. The number of thiazole rings is 1. The summed E-state index contributed by atoms with van der Waals surface area (Å²) in [4.78, 5) is 35.8. The van der Waals surface area contributed by atoms with Crippen molar-refractivity contribution in [2.24, 2.45) is 10.9 Å². The van der Waals surface area contributed by atoms with Gasteiger partial charge in [0.05, 0.1) is 25.5 Å². The van der Waals surface area contributed by atoms with Gasteiger partial charge in [-0.05, 0) is 50.6 Å². The molecule has 0 aliphatic carbocycles. The van der Waals surface area contributed by atoms with Crippen molar-refractivity contribution in [1.82, 2.24) is 4.98 Å². The number of rotatable bonds is 6. The van der Waals surface area contributed by atoms with E-state index in [0.29, 0.717) is 22.0 Å². The fraction of sp³-hybridized carbons (Fsp3) is 0.259. The Morgan fingerprint density at radius 1 is 1.03 bits per heavy atom. The van der Waals surface area contributed by atoms with E-state index in [1.807, 2.05) is 55.5 Å². The Labute approximate surface area is 218 Å². The van der Waals surface area contributed by atoms with Crippen molar-refractivity contribution in [1.29, 1.82) is 0 Å². The fourth-order valence-corrected chi connectivity index (χ4v) is 5.45. The number of halogens is 1. The van der Waals surface area contributed by atoms with E-state index in [1.54, 1.807) is 13.8 Å². The van der Waals surface area contributed by atoms with Crippen LogP contribution in [0, 0.1) is 12.8 Å². The summed E-state index contributed by atoms with van der Waals surface area (Å²) >= 11 is 7.56. The minimum Gasteiger partial charge on any atom is -0.468 e. The van der Waals surface area contributed by atoms with E-state index >= 15 is 0 Å². The molecule has 0 bridgehead atoms. The minimum absolute atomic E-state index is 0.339. The van der Waals surface area contributed by atoms with Gasteiger partial charge in [-0.3, -0.25) is 9.79 Å². The average Bonchev–Trinajstić information content (AvgIpc) is 3.22. The molecule has 0 spiro atoms. The zero-order chi connectivity index (χ0) is 26.0. The molecule has 2 aromatic carbocycles. The van der Waals surface area contributed by atoms with Crippen molar-refractivity contribution >= 4 is 51.4 Å². The molecule has 9 heteroatoms. The Morgan fingerprint density at radius 3 is 2.42 bits per heavy atom. The maximum atomic E-state index is 12.8. The summed E-state index contributed by atoms with van der Waals surface area (Å²) < 4.78 is 10.1. The summed E-state index contributed by atoms with van der Waals surface area (Å²) in [5.41, 5.74) is 4.84. The SMILES string of the molecule is COC(=O)C1=C(C)N=C(C)C(C(=O)OC)C1c1cccc(Nc2nc(-c3ccc(Cl)cc3)c(C)s2)c1. The average molecular weight is 524 g/mol. The van der Waals surface area contributed by atoms with Gasteiger partial charge in [0.2, 0.25) is 0 Å². The number of ether oxygens (including phenoxy) is 2. The molecule has 0 fully saturated rings. The van der Waals surface area contributed by atoms with E-state index < -0.39 is 23.8 Å². The van der Waals surface area contributed by atoms with E-state index in [2.05, 4.69) is 10.3 Å². The Hall–Kier alpha value is -3.49. The molecule has 0 radical (unpaired) electrons. The number of aliphatic imine (C=N–C) groups is 1. The number of anilines is 2. The van der Waals surface area contributed by atoms with Gasteiger partial charge in [-0.2, -0.15) is 0 Å². The highest BCUT2D eigenvalue weighted by Gasteiger charge is 2.42. The summed E-state index contributed by atoms with van der Waals surface area (Å²) in [6, 6.07) is 15.1. The number of carbonyl (C=O) groups excluding carboxylic acids is 2. The summed E-state index contributed by atoms with van der Waals surface area (Å²) in [5, 5.41) is 4.76. The molecule has 4 rings (SSSR count). The predicted molar refractivity (Wildman–Crippen MR) is 143 cm³/mol. The van der Waals surface area contributed by atoms with Crippen LogP contribution in [0.5, 0.6) is 0 Å². The number of benzene rings is 2. The number of aromatic nitrogens is 1. The lowest BCUT2D eigenvalue weighted by atomic mass is 9.75. The highest BCUT2D eigenvalue weighted by Crippen LogP contribution is 2.41. The highest BCUT2D eigenvalue weighted by atomic mass is 35.5. The minimum atomic E-state index is -0.748. The molecule has 36 heavy (non-hydrogen) atoms. The monoisotopic (exact) mass is 523 g/mol. The molecule has 1 aliphatic rings. The quantitative estimate of drug-likeness (QED) is 0.381. The third-order valence-corrected chi connectivity index (χ3v) is 7.24. The zero-order valence-electron chi connectivity index (χ0n) is 20.6. The zero-order valence-corrected chi connectivity index (χ0v) is 22.2. The molecule has 1 aromatic heterocycles. The van der Waals surface area contributed by atoms with Crippen LogP contribution in [0.2, 0.25) is 5.02 Å². The second-order valence-corrected chi connectivity index (χ2v) is 10.0. The molecule has 186 valence electrons. The largest absolute Gasteiger partial charge is 0.468 e. The van der Waals surface area contributed by atoms with Crippen molar-refractivity contribution in [3.63, 3.8) is 0 Å². The summed E-state index contributed by atoms with van der Waals surface area (Å²) in [5.74, 6) is -2.34. The van der Waals surface area contributed by atoms with Gasteiger partial charge in [-0.15, -0.1) is 11.3 Å². The highest BCUT2D eigenvalue weighted by molar-refractivity contribution is 7.16. The third-order valence-electron chi connectivity index (χ3n) is 6.10. The van der Waals surface area contributed by atoms with Gasteiger partial charge in [-0.25, -0.2) is 9.78 Å². The topological polar surface area (TPSA) is 89.9 Å². The number of aryl methyl sites for hydroxylation is 1. The molecule has 7 nitrogen and oxygen atoms in total. The van der Waals surface area contributed by atoms with Gasteiger partial charge >= 0.3 is 11.9 Å². The fourth-order valence-electron chi connectivity index (χ4n) is 4.46. The van der Waals surface area contributed by atoms with Crippen molar-refractivity contribution in [2.75, 3.05) is 19.5 Å². The third kappa shape index (κ3) is 5.05. The molecule has 2 unspecified atom stereocenters. The smallest absolute Gasteiger partial charge is 0.336 e. The standard InChI is InChI=1S/C27H26ClN3O4S/c1-14-21(25(32)34-4)23(22(15(2)29-14)26(33)35-5)18-7-6-8-20(13-18)30-27-31-24(16(3)36-27)17-9-11-19(28)12-10-17/h6-13,21,23H,1-5H3,(H,30,31). The first-order chi connectivity index (χ1) is 17.2. The first kappa shape index (κ1) is 25.6. The summed E-state index contributed by atoms with van der Waals surface area (Å²) in [6.45, 7) is 5.53. The Balaban J connectivity index is 1.71. The second kappa shape index (κ2) is 10.6. The van der Waals surface area contributed by atoms with Crippen LogP contribution < -0.4 is 5.32 Å². The second-order valence-electron chi connectivity index (χ2n) is 8.40. The molecule has 1 aliphatic heterocycles. The number of hydrogen-bond donors (Lipinski definition) is 1. The number of carbonyl (C=O) groups is 2. The number of nitrogens with one attached hydrogen (secondary N) is 1. The van der Waals surface area contributed by atoms with Crippen molar-refractivity contribution < 1.29 is 19.1 Å². The van der Waals surface area contributed by atoms with Crippen molar-refractivity contribution in [3.8, 4) is 11.3 Å². The van der Waals surface area contributed by atoms with Crippen LogP contribution in [0.3, 0.4) is 0 Å². The maximum Gasteiger partial charge on any atom is 0.336 e. The van der Waals surface area contributed by atoms with E-state index in [0.717, 1.165) is 32.5 Å². The number of methoxy groups -OCH3 is 2. The number of nitrogens with zero attached hydrogens (tertiary/aromatic N) is 2. The van der Waals surface area contributed by atoms with E-state index in [1.165, 1.54) is 25.6 Å². The predicted octanol–water partition coefficient (Wildman–Crippen LogP) is 6.31. The number of esters is 2. The van der Waals surface area contributed by atoms with Gasteiger partial charge in [0.15, 0.2) is 5.13 Å². The molecule has 3 aromatic rings. The van der Waals surface area contributed by atoms with Gasteiger partial charge in [0.1, 0.15) is 5.92 Å².